The molecule has 0 aromatic heterocycles. The summed E-state index contributed by atoms with van der Waals surface area (Å²) >= 11 is 0. The number of aromatic hydroxyl groups is 3. The van der Waals surface area contributed by atoms with Gasteiger partial charge in [-0.15, -0.1) is 0 Å². The topological polar surface area (TPSA) is 77.8 Å². The van der Waals surface area contributed by atoms with Gasteiger partial charge in [0.05, 0.1) is 0 Å². The van der Waals surface area contributed by atoms with E-state index in [-0.39, 0.29) is 46.9 Å². The first kappa shape index (κ1) is 21.0. The molecule has 29 heavy (non-hydrogen) atoms. The van der Waals surface area contributed by atoms with Gasteiger partial charge in [-0.2, -0.15) is 0 Å². The Morgan fingerprint density at radius 2 is 1.79 bits per heavy atom. The van der Waals surface area contributed by atoms with Gasteiger partial charge < -0.3 is 15.3 Å². The molecule has 0 radical (unpaired) electrons. The zero-order valence-corrected chi connectivity index (χ0v) is 17.4. The van der Waals surface area contributed by atoms with Crippen LogP contribution in [0.4, 0.5) is 0 Å². The fourth-order valence-corrected chi connectivity index (χ4v) is 4.42. The fraction of sp³-hybridized carbons (Fsp3) is 0.400. The minimum atomic E-state index is -0.376. The lowest BCUT2D eigenvalue weighted by molar-refractivity contribution is 0.0977. The molecule has 0 fully saturated rings. The Morgan fingerprint density at radius 3 is 2.45 bits per heavy atom. The van der Waals surface area contributed by atoms with Gasteiger partial charge in [0.25, 0.3) is 0 Å². The lowest BCUT2D eigenvalue weighted by atomic mass is 9.71. The van der Waals surface area contributed by atoms with E-state index in [0.717, 1.165) is 18.4 Å². The zero-order valence-electron chi connectivity index (χ0n) is 17.4. The Labute approximate surface area is 172 Å². The Morgan fingerprint density at radius 1 is 1.10 bits per heavy atom. The number of ketones is 1. The molecule has 0 heterocycles. The monoisotopic (exact) mass is 394 g/mol. The second kappa shape index (κ2) is 8.73. The van der Waals surface area contributed by atoms with Gasteiger partial charge in [-0.05, 0) is 43.6 Å². The van der Waals surface area contributed by atoms with Gasteiger partial charge in [0.2, 0.25) is 0 Å². The summed E-state index contributed by atoms with van der Waals surface area (Å²) in [5.41, 5.74) is 2.48. The van der Waals surface area contributed by atoms with Crippen LogP contribution < -0.4 is 0 Å². The van der Waals surface area contributed by atoms with E-state index in [1.54, 1.807) is 0 Å². The highest BCUT2D eigenvalue weighted by molar-refractivity contribution is 6.02. The third-order valence-corrected chi connectivity index (χ3v) is 6.05. The molecule has 4 heteroatoms. The molecule has 1 aliphatic carbocycles. The summed E-state index contributed by atoms with van der Waals surface area (Å²) < 4.78 is 0. The van der Waals surface area contributed by atoms with Crippen molar-refractivity contribution in [3.63, 3.8) is 0 Å². The molecule has 2 aromatic rings. The number of allylic oxidation sites excluding steroid dienone is 2. The first-order chi connectivity index (χ1) is 13.8. The van der Waals surface area contributed by atoms with E-state index < -0.39 is 0 Å². The number of hydrogen-bond acceptors (Lipinski definition) is 4. The van der Waals surface area contributed by atoms with Crippen molar-refractivity contribution in [2.24, 2.45) is 11.8 Å². The normalized spacial score (nSPS) is 19.2. The minimum absolute atomic E-state index is 0.0899. The molecule has 0 bridgehead atoms. The molecule has 0 saturated heterocycles. The van der Waals surface area contributed by atoms with Crippen LogP contribution in [0.5, 0.6) is 17.2 Å². The van der Waals surface area contributed by atoms with Crippen molar-refractivity contribution < 1.29 is 20.1 Å². The summed E-state index contributed by atoms with van der Waals surface area (Å²) in [6.07, 6.45) is 4.72. The molecule has 0 aliphatic heterocycles. The maximum Gasteiger partial charge on any atom is 0.170 e. The van der Waals surface area contributed by atoms with Crippen molar-refractivity contribution in [2.75, 3.05) is 0 Å². The van der Waals surface area contributed by atoms with Crippen LogP contribution in [0.25, 0.3) is 0 Å². The van der Waals surface area contributed by atoms with Crippen LogP contribution in [0.2, 0.25) is 0 Å². The Balaban J connectivity index is 1.97. The summed E-state index contributed by atoms with van der Waals surface area (Å²) in [5, 5.41) is 31.9. The molecular weight excluding hydrogens is 364 g/mol. The number of carbonyl (C=O) groups excluding carboxylic acids is 1. The molecular formula is C25H30O4. The van der Waals surface area contributed by atoms with Gasteiger partial charge in [0.1, 0.15) is 22.8 Å². The number of phenolic OH excluding ortho intramolecular Hbond substituents is 3. The molecule has 0 amide bonds. The van der Waals surface area contributed by atoms with Gasteiger partial charge in [-0.1, -0.05) is 55.8 Å². The predicted molar refractivity (Wildman–Crippen MR) is 115 cm³/mol. The van der Waals surface area contributed by atoms with Gasteiger partial charge in [-0.3, -0.25) is 4.79 Å². The van der Waals surface area contributed by atoms with Crippen molar-refractivity contribution in [1.82, 2.24) is 0 Å². The molecule has 154 valence electrons. The average molecular weight is 395 g/mol. The van der Waals surface area contributed by atoms with Gasteiger partial charge in [0.15, 0.2) is 5.78 Å². The van der Waals surface area contributed by atoms with Crippen molar-refractivity contribution in [2.45, 2.75) is 52.4 Å². The molecule has 0 unspecified atom stereocenters. The van der Waals surface area contributed by atoms with Gasteiger partial charge in [-0.25, -0.2) is 0 Å². The molecule has 0 spiro atoms. The van der Waals surface area contributed by atoms with E-state index in [9.17, 15) is 20.1 Å². The van der Waals surface area contributed by atoms with E-state index in [2.05, 4.69) is 19.9 Å². The molecule has 3 rings (SSSR count). The second-order valence-electron chi connectivity index (χ2n) is 8.45. The first-order valence-corrected chi connectivity index (χ1v) is 10.3. The molecule has 4 nitrogen and oxygen atoms in total. The van der Waals surface area contributed by atoms with Crippen LogP contribution in [0.1, 0.15) is 67.4 Å². The van der Waals surface area contributed by atoms with Crippen LogP contribution in [0.3, 0.4) is 0 Å². The van der Waals surface area contributed by atoms with Crippen molar-refractivity contribution in [3.05, 3.63) is 64.7 Å². The fourth-order valence-electron chi connectivity index (χ4n) is 4.42. The Bertz CT molecular complexity index is 912. The SMILES string of the molecule is CC1=C[C@H](c2c(O)cc(O)c(C(=O)CCc3ccccc3)c2O)[C@@H](C(C)C)CC1. The molecule has 2 aromatic carbocycles. The van der Waals surface area contributed by atoms with Crippen LogP contribution >= 0.6 is 0 Å². The standard InChI is InChI=1S/C25H30O4/c1-15(2)18-11-9-16(3)13-19(18)23-21(27)14-22(28)24(25(23)29)20(26)12-10-17-7-5-4-6-8-17/h4-8,13-15,18-19,27-29H,9-12H2,1-3H3/t18-,19+/m1/s1. The van der Waals surface area contributed by atoms with Crippen LogP contribution in [-0.2, 0) is 6.42 Å². The number of phenols is 3. The maximum absolute atomic E-state index is 12.9. The number of aryl methyl sites for hydroxylation is 1. The smallest absolute Gasteiger partial charge is 0.170 e. The summed E-state index contributed by atoms with van der Waals surface area (Å²) in [4.78, 5) is 12.9. The lowest BCUT2D eigenvalue weighted by Crippen LogP contribution is -2.21. The van der Waals surface area contributed by atoms with Gasteiger partial charge >= 0.3 is 0 Å². The van der Waals surface area contributed by atoms with E-state index in [1.165, 1.54) is 11.6 Å². The van der Waals surface area contributed by atoms with Crippen molar-refractivity contribution in [1.29, 1.82) is 0 Å². The van der Waals surface area contributed by atoms with Crippen LogP contribution in [0.15, 0.2) is 48.0 Å². The summed E-state index contributed by atoms with van der Waals surface area (Å²) in [5.74, 6) is -0.753. The van der Waals surface area contributed by atoms with Crippen molar-refractivity contribution >= 4 is 5.78 Å². The first-order valence-electron chi connectivity index (χ1n) is 10.3. The van der Waals surface area contributed by atoms with E-state index in [0.29, 0.717) is 17.9 Å². The number of carbonyl (C=O) groups is 1. The Hall–Kier alpha value is -2.75. The van der Waals surface area contributed by atoms with E-state index in [1.807, 2.05) is 37.3 Å². The third kappa shape index (κ3) is 4.47. The molecule has 3 N–H and O–H groups in total. The number of benzene rings is 2. The third-order valence-electron chi connectivity index (χ3n) is 6.05. The van der Waals surface area contributed by atoms with E-state index >= 15 is 0 Å². The van der Waals surface area contributed by atoms with E-state index in [4.69, 9.17) is 0 Å². The highest BCUT2D eigenvalue weighted by Gasteiger charge is 2.34. The summed E-state index contributed by atoms with van der Waals surface area (Å²) in [6, 6.07) is 10.8. The highest BCUT2D eigenvalue weighted by atomic mass is 16.3. The van der Waals surface area contributed by atoms with Crippen molar-refractivity contribution in [3.8, 4) is 17.2 Å². The quantitative estimate of drug-likeness (QED) is 0.433. The highest BCUT2D eigenvalue weighted by Crippen LogP contribution is 2.49. The Kier molecular flexibility index (Phi) is 6.31. The molecule has 2 atom stereocenters. The zero-order chi connectivity index (χ0) is 21.1. The number of hydrogen-bond donors (Lipinski definition) is 3. The lowest BCUT2D eigenvalue weighted by Gasteiger charge is -2.34. The van der Waals surface area contributed by atoms with Crippen LogP contribution in [-0.4, -0.2) is 21.1 Å². The van der Waals surface area contributed by atoms with Gasteiger partial charge in [0, 0.05) is 24.0 Å². The predicted octanol–water partition coefficient (Wildman–Crippen LogP) is 5.71. The second-order valence-corrected chi connectivity index (χ2v) is 8.45. The van der Waals surface area contributed by atoms with Crippen LogP contribution in [0, 0.1) is 11.8 Å². The number of Topliss-reactive ketones (excluding diaryl/α,β-unsaturated/α-hetero) is 1. The maximum atomic E-state index is 12.9. The largest absolute Gasteiger partial charge is 0.507 e. The number of rotatable bonds is 6. The summed E-state index contributed by atoms with van der Waals surface area (Å²) in [6.45, 7) is 6.31. The average Bonchev–Trinajstić information content (AvgIpc) is 2.66. The molecule has 0 saturated carbocycles. The summed E-state index contributed by atoms with van der Waals surface area (Å²) in [7, 11) is 0. The molecule has 1 aliphatic rings. The minimum Gasteiger partial charge on any atom is -0.507 e.